The van der Waals surface area contributed by atoms with Crippen molar-refractivity contribution in [1.29, 1.82) is 0 Å². The van der Waals surface area contributed by atoms with Crippen LogP contribution in [0.1, 0.15) is 15.9 Å². The van der Waals surface area contributed by atoms with Crippen LogP contribution in [0.25, 0.3) is 0 Å². The Hall–Kier alpha value is -2.55. The average molecular weight is 254 g/mol. The largest absolute Gasteiger partial charge is 0.504 e. The molecule has 2 aromatic rings. The molecule has 0 amide bonds. The maximum absolute atomic E-state index is 12.4. The summed E-state index contributed by atoms with van der Waals surface area (Å²) < 4.78 is 5.37. The molecule has 0 heterocycles. The number of para-hydroxylation sites is 1. The summed E-state index contributed by atoms with van der Waals surface area (Å²) >= 11 is 0. The third-order valence-electron chi connectivity index (χ3n) is 2.62. The van der Waals surface area contributed by atoms with Crippen LogP contribution in [0.15, 0.2) is 61.2 Å². The van der Waals surface area contributed by atoms with Crippen molar-refractivity contribution in [3.63, 3.8) is 0 Å². The predicted octanol–water partition coefficient (Wildman–Crippen LogP) is 3.19. The zero-order valence-corrected chi connectivity index (χ0v) is 10.4. The van der Waals surface area contributed by atoms with Gasteiger partial charge in [0, 0.05) is 5.56 Å². The van der Waals surface area contributed by atoms with Gasteiger partial charge in [-0.05, 0) is 12.1 Å². The summed E-state index contributed by atoms with van der Waals surface area (Å²) in [6, 6.07) is 13.6. The van der Waals surface area contributed by atoms with E-state index in [-0.39, 0.29) is 23.9 Å². The maximum Gasteiger partial charge on any atom is 0.196 e. The predicted molar refractivity (Wildman–Crippen MR) is 73.7 cm³/mol. The van der Waals surface area contributed by atoms with E-state index in [4.69, 9.17) is 4.74 Å². The Balaban J connectivity index is 2.41. The van der Waals surface area contributed by atoms with Gasteiger partial charge in [-0.15, -0.1) is 0 Å². The van der Waals surface area contributed by atoms with Crippen molar-refractivity contribution in [3.8, 4) is 11.5 Å². The van der Waals surface area contributed by atoms with Crippen LogP contribution in [-0.4, -0.2) is 17.5 Å². The molecule has 0 radical (unpaired) electrons. The monoisotopic (exact) mass is 254 g/mol. The number of carbonyl (C=O) groups excluding carboxylic acids is 1. The highest BCUT2D eigenvalue weighted by atomic mass is 16.5. The number of phenolic OH excluding ortho intramolecular Hbond substituents is 1. The van der Waals surface area contributed by atoms with E-state index in [1.165, 1.54) is 6.07 Å². The fourth-order valence-electron chi connectivity index (χ4n) is 1.74. The Morgan fingerprint density at radius 2 is 1.89 bits per heavy atom. The van der Waals surface area contributed by atoms with Gasteiger partial charge in [0.25, 0.3) is 0 Å². The topological polar surface area (TPSA) is 46.5 Å². The summed E-state index contributed by atoms with van der Waals surface area (Å²) in [6.45, 7) is 3.78. The van der Waals surface area contributed by atoms with Gasteiger partial charge in [0.2, 0.25) is 0 Å². The number of phenols is 1. The number of carbonyl (C=O) groups is 1. The van der Waals surface area contributed by atoms with Crippen LogP contribution in [0.4, 0.5) is 0 Å². The molecule has 0 aromatic heterocycles. The van der Waals surface area contributed by atoms with Gasteiger partial charge in [0.05, 0.1) is 5.56 Å². The highest BCUT2D eigenvalue weighted by Gasteiger charge is 2.17. The third kappa shape index (κ3) is 2.83. The van der Waals surface area contributed by atoms with Crippen LogP contribution in [0.2, 0.25) is 0 Å². The van der Waals surface area contributed by atoms with E-state index in [0.717, 1.165) is 0 Å². The van der Waals surface area contributed by atoms with Gasteiger partial charge in [-0.25, -0.2) is 0 Å². The highest BCUT2D eigenvalue weighted by Crippen LogP contribution is 2.31. The lowest BCUT2D eigenvalue weighted by Gasteiger charge is -2.11. The zero-order valence-electron chi connectivity index (χ0n) is 10.4. The van der Waals surface area contributed by atoms with Crippen molar-refractivity contribution in [2.75, 3.05) is 6.61 Å². The number of aromatic hydroxyl groups is 1. The Kier molecular flexibility index (Phi) is 3.98. The van der Waals surface area contributed by atoms with E-state index < -0.39 is 0 Å². The molecule has 0 unspecified atom stereocenters. The van der Waals surface area contributed by atoms with Crippen LogP contribution < -0.4 is 4.74 Å². The van der Waals surface area contributed by atoms with Crippen molar-refractivity contribution >= 4 is 5.78 Å². The molecule has 0 saturated carbocycles. The van der Waals surface area contributed by atoms with E-state index in [1.54, 1.807) is 42.5 Å². The lowest BCUT2D eigenvalue weighted by molar-refractivity contribution is 0.103. The number of benzene rings is 2. The standard InChI is InChI=1S/C16H14O3/c1-2-11-19-16-13(9-6-10-14(16)17)15(18)12-7-4-3-5-8-12/h2-10,17H,1,11H2. The molecule has 96 valence electrons. The molecule has 2 aromatic carbocycles. The second-order valence-corrected chi connectivity index (χ2v) is 3.95. The second-order valence-electron chi connectivity index (χ2n) is 3.95. The van der Waals surface area contributed by atoms with Crippen LogP contribution in [0.5, 0.6) is 11.5 Å². The molecular weight excluding hydrogens is 240 g/mol. The average Bonchev–Trinajstić information content (AvgIpc) is 2.46. The summed E-state index contributed by atoms with van der Waals surface area (Å²) in [5, 5.41) is 9.80. The van der Waals surface area contributed by atoms with Crippen molar-refractivity contribution in [3.05, 3.63) is 72.3 Å². The summed E-state index contributed by atoms with van der Waals surface area (Å²) in [5.74, 6) is -0.0459. The Bertz CT molecular complexity index is 588. The Labute approximate surface area is 111 Å². The SMILES string of the molecule is C=CCOc1c(O)cccc1C(=O)c1ccccc1. The first-order valence-electron chi connectivity index (χ1n) is 5.89. The van der Waals surface area contributed by atoms with Gasteiger partial charge in [0.15, 0.2) is 17.3 Å². The molecule has 0 spiro atoms. The number of rotatable bonds is 5. The fourth-order valence-corrected chi connectivity index (χ4v) is 1.74. The Morgan fingerprint density at radius 1 is 1.16 bits per heavy atom. The molecule has 0 aliphatic rings. The summed E-state index contributed by atoms with van der Waals surface area (Å²) in [5.41, 5.74) is 0.893. The van der Waals surface area contributed by atoms with Crippen LogP contribution in [0, 0.1) is 0 Å². The minimum Gasteiger partial charge on any atom is -0.504 e. The van der Waals surface area contributed by atoms with E-state index >= 15 is 0 Å². The number of hydrogen-bond donors (Lipinski definition) is 1. The molecular formula is C16H14O3. The van der Waals surface area contributed by atoms with Crippen LogP contribution >= 0.6 is 0 Å². The minimum absolute atomic E-state index is 0.0522. The van der Waals surface area contributed by atoms with E-state index in [0.29, 0.717) is 11.1 Å². The van der Waals surface area contributed by atoms with Crippen LogP contribution in [-0.2, 0) is 0 Å². The quantitative estimate of drug-likeness (QED) is 0.658. The first kappa shape index (κ1) is 12.9. The molecule has 19 heavy (non-hydrogen) atoms. The summed E-state index contributed by atoms with van der Waals surface area (Å²) in [6.07, 6.45) is 1.56. The second kappa shape index (κ2) is 5.87. The molecule has 0 fully saturated rings. The van der Waals surface area contributed by atoms with E-state index in [2.05, 4.69) is 6.58 Å². The van der Waals surface area contributed by atoms with Gasteiger partial charge in [-0.2, -0.15) is 0 Å². The van der Waals surface area contributed by atoms with Gasteiger partial charge >= 0.3 is 0 Å². The first-order valence-corrected chi connectivity index (χ1v) is 5.89. The fraction of sp³-hybridized carbons (Fsp3) is 0.0625. The van der Waals surface area contributed by atoms with Gasteiger partial charge in [-0.3, -0.25) is 4.79 Å². The zero-order chi connectivity index (χ0) is 13.7. The molecule has 2 rings (SSSR count). The minimum atomic E-state index is -0.185. The molecule has 1 N–H and O–H groups in total. The van der Waals surface area contributed by atoms with Crippen molar-refractivity contribution < 1.29 is 14.6 Å². The third-order valence-corrected chi connectivity index (χ3v) is 2.62. The first-order chi connectivity index (χ1) is 9.24. The normalized spacial score (nSPS) is 9.89. The molecule has 3 nitrogen and oxygen atoms in total. The molecule has 0 saturated heterocycles. The summed E-state index contributed by atoms with van der Waals surface area (Å²) in [7, 11) is 0. The summed E-state index contributed by atoms with van der Waals surface area (Å²) in [4.78, 5) is 12.4. The van der Waals surface area contributed by atoms with Crippen LogP contribution in [0.3, 0.4) is 0 Å². The van der Waals surface area contributed by atoms with Crippen molar-refractivity contribution in [1.82, 2.24) is 0 Å². The van der Waals surface area contributed by atoms with E-state index in [1.807, 2.05) is 6.07 Å². The number of ether oxygens (including phenoxy) is 1. The van der Waals surface area contributed by atoms with Gasteiger partial charge in [-0.1, -0.05) is 49.1 Å². The lowest BCUT2D eigenvalue weighted by atomic mass is 10.0. The molecule has 3 heteroatoms. The lowest BCUT2D eigenvalue weighted by Crippen LogP contribution is -2.05. The maximum atomic E-state index is 12.4. The van der Waals surface area contributed by atoms with Gasteiger partial charge < -0.3 is 9.84 Å². The van der Waals surface area contributed by atoms with Crippen molar-refractivity contribution in [2.24, 2.45) is 0 Å². The van der Waals surface area contributed by atoms with Gasteiger partial charge in [0.1, 0.15) is 6.61 Å². The number of hydrogen-bond acceptors (Lipinski definition) is 3. The molecule has 0 aliphatic carbocycles. The van der Waals surface area contributed by atoms with Crippen molar-refractivity contribution in [2.45, 2.75) is 0 Å². The van der Waals surface area contributed by atoms with E-state index in [9.17, 15) is 9.90 Å². The molecule has 0 bridgehead atoms. The Morgan fingerprint density at radius 3 is 2.58 bits per heavy atom. The molecule has 0 aliphatic heterocycles. The number of ketones is 1. The highest BCUT2D eigenvalue weighted by molar-refractivity contribution is 6.11. The molecule has 0 atom stereocenters. The smallest absolute Gasteiger partial charge is 0.196 e.